The molecule has 0 atom stereocenters. The number of rotatable bonds is 10. The predicted molar refractivity (Wildman–Crippen MR) is 187 cm³/mol. The molecule has 0 amide bonds. The first-order valence-electron chi connectivity index (χ1n) is 15.4. The van der Waals surface area contributed by atoms with Crippen molar-refractivity contribution in [2.45, 2.75) is 32.4 Å². The lowest BCUT2D eigenvalue weighted by molar-refractivity contribution is 0.0788. The summed E-state index contributed by atoms with van der Waals surface area (Å²) >= 11 is 0. The number of aromatic nitrogens is 6. The van der Waals surface area contributed by atoms with Crippen LogP contribution >= 0.6 is 0 Å². The summed E-state index contributed by atoms with van der Waals surface area (Å²) in [4.78, 5) is 22.6. The fraction of sp³-hybridized carbons (Fsp3) is 0.167. The van der Waals surface area contributed by atoms with E-state index in [1.54, 1.807) is 10.9 Å². The Labute approximate surface area is 267 Å². The van der Waals surface area contributed by atoms with Gasteiger partial charge in [0.25, 0.3) is 5.56 Å². The van der Waals surface area contributed by atoms with Crippen molar-refractivity contribution in [2.24, 2.45) is 0 Å². The third kappa shape index (κ3) is 6.00. The molecule has 0 bridgehead atoms. The summed E-state index contributed by atoms with van der Waals surface area (Å²) < 4.78 is 9.14. The molecule has 7 aromatic rings. The van der Waals surface area contributed by atoms with Crippen LogP contribution in [0.2, 0.25) is 25.7 Å². The Bertz CT molecular complexity index is 2200. The number of H-pyrrole nitrogens is 1. The molecular formula is C36H35N7O2Si. The van der Waals surface area contributed by atoms with Gasteiger partial charge in [0, 0.05) is 44.1 Å². The van der Waals surface area contributed by atoms with Crippen molar-refractivity contribution < 1.29 is 4.74 Å². The molecule has 0 saturated carbocycles. The zero-order chi connectivity index (χ0) is 31.7. The van der Waals surface area contributed by atoms with Gasteiger partial charge in [-0.1, -0.05) is 92.4 Å². The minimum atomic E-state index is -1.19. The maximum absolute atomic E-state index is 14.5. The summed E-state index contributed by atoms with van der Waals surface area (Å²) in [7, 11) is -1.19. The van der Waals surface area contributed by atoms with Crippen molar-refractivity contribution in [3.8, 4) is 33.5 Å². The zero-order valence-corrected chi connectivity index (χ0v) is 27.1. The molecule has 0 radical (unpaired) electrons. The first-order valence-corrected chi connectivity index (χ1v) is 19.1. The van der Waals surface area contributed by atoms with Gasteiger partial charge in [0.15, 0.2) is 5.82 Å². The molecule has 9 nitrogen and oxygen atoms in total. The Balaban J connectivity index is 1.38. The number of aromatic amines is 1. The van der Waals surface area contributed by atoms with E-state index in [-0.39, 0.29) is 5.56 Å². The van der Waals surface area contributed by atoms with Crippen LogP contribution < -0.4 is 10.9 Å². The van der Waals surface area contributed by atoms with Crippen LogP contribution in [-0.4, -0.2) is 44.0 Å². The minimum absolute atomic E-state index is 0.257. The summed E-state index contributed by atoms with van der Waals surface area (Å²) in [5, 5.41) is 14.0. The lowest BCUT2D eigenvalue weighted by Crippen LogP contribution is -2.22. The molecule has 4 aromatic heterocycles. The van der Waals surface area contributed by atoms with Crippen LogP contribution in [0.25, 0.3) is 50.1 Å². The Hall–Kier alpha value is -5.32. The SMILES string of the molecule is C[Si](C)(C)CCOCn1ccc(Nc2[nH]c3c(-c4ccccc4)c(-c4ccccc4)nn3c(=O)c2-c2ccc3ncccc3c2)n1. The predicted octanol–water partition coefficient (Wildman–Crippen LogP) is 7.82. The van der Waals surface area contributed by atoms with E-state index >= 15 is 0 Å². The standard InChI is InChI=1S/C36H35N7O2Si/c1-46(2,3)22-21-45-24-42-20-18-30(40-42)38-34-32(28-16-17-29-27(23-28)15-10-19-37-29)36(44)43-35(39-34)31(25-11-6-4-7-12-25)33(41-43)26-13-8-5-9-14-26/h4-20,23,39H,21-22,24H2,1-3H3,(H,38,40). The number of anilines is 2. The first-order chi connectivity index (χ1) is 22.3. The summed E-state index contributed by atoms with van der Waals surface area (Å²) in [6, 6.07) is 32.6. The zero-order valence-electron chi connectivity index (χ0n) is 26.1. The van der Waals surface area contributed by atoms with Gasteiger partial charge in [-0.3, -0.25) is 9.78 Å². The summed E-state index contributed by atoms with van der Waals surface area (Å²) in [5.74, 6) is 1.10. The van der Waals surface area contributed by atoms with Gasteiger partial charge in [-0.25, -0.2) is 4.68 Å². The van der Waals surface area contributed by atoms with Gasteiger partial charge in [0.1, 0.15) is 23.9 Å². The van der Waals surface area contributed by atoms with Gasteiger partial charge >= 0.3 is 0 Å². The quantitative estimate of drug-likeness (QED) is 0.119. The molecule has 7 rings (SSSR count). The summed E-state index contributed by atoms with van der Waals surface area (Å²) in [5.41, 5.74) is 5.77. The van der Waals surface area contributed by atoms with Gasteiger partial charge in [0.05, 0.1) is 16.6 Å². The van der Waals surface area contributed by atoms with Crippen molar-refractivity contribution in [3.05, 3.63) is 120 Å². The van der Waals surface area contributed by atoms with Crippen molar-refractivity contribution in [3.63, 3.8) is 0 Å². The lowest BCUT2D eigenvalue weighted by atomic mass is 10.0. The maximum atomic E-state index is 14.5. The van der Waals surface area contributed by atoms with Gasteiger partial charge in [-0.15, -0.1) is 0 Å². The monoisotopic (exact) mass is 625 g/mol. The van der Waals surface area contributed by atoms with E-state index in [9.17, 15) is 4.79 Å². The van der Waals surface area contributed by atoms with E-state index in [0.717, 1.165) is 39.2 Å². The van der Waals surface area contributed by atoms with Crippen molar-refractivity contribution in [1.82, 2.24) is 29.4 Å². The summed E-state index contributed by atoms with van der Waals surface area (Å²) in [6.07, 6.45) is 3.63. The Kier molecular flexibility index (Phi) is 7.81. The highest BCUT2D eigenvalue weighted by molar-refractivity contribution is 6.76. The van der Waals surface area contributed by atoms with Crippen LogP contribution in [0.3, 0.4) is 0 Å². The van der Waals surface area contributed by atoms with E-state index in [0.29, 0.717) is 41.9 Å². The number of nitrogens with zero attached hydrogens (tertiary/aromatic N) is 5. The van der Waals surface area contributed by atoms with E-state index in [1.807, 2.05) is 103 Å². The molecule has 0 aliphatic rings. The number of hydrogen-bond acceptors (Lipinski definition) is 6. The molecule has 10 heteroatoms. The average Bonchev–Trinajstić information content (AvgIpc) is 3.68. The highest BCUT2D eigenvalue weighted by Gasteiger charge is 2.23. The molecular weight excluding hydrogens is 591 g/mol. The fourth-order valence-corrected chi connectivity index (χ4v) is 6.26. The number of hydrogen-bond donors (Lipinski definition) is 2. The fourth-order valence-electron chi connectivity index (χ4n) is 5.51. The van der Waals surface area contributed by atoms with Crippen LogP contribution in [0.1, 0.15) is 0 Å². The number of benzene rings is 3. The maximum Gasteiger partial charge on any atom is 0.284 e. The van der Waals surface area contributed by atoms with Gasteiger partial charge in [-0.05, 0) is 35.4 Å². The van der Waals surface area contributed by atoms with Crippen LogP contribution in [0.4, 0.5) is 11.6 Å². The van der Waals surface area contributed by atoms with Crippen LogP contribution in [0, 0.1) is 0 Å². The largest absolute Gasteiger partial charge is 0.360 e. The van der Waals surface area contributed by atoms with E-state index < -0.39 is 8.07 Å². The van der Waals surface area contributed by atoms with Crippen molar-refractivity contribution in [1.29, 1.82) is 0 Å². The average molecular weight is 626 g/mol. The molecule has 4 heterocycles. The van der Waals surface area contributed by atoms with Gasteiger partial charge in [-0.2, -0.15) is 14.7 Å². The number of pyridine rings is 1. The lowest BCUT2D eigenvalue weighted by Gasteiger charge is -2.15. The molecule has 3 aromatic carbocycles. The van der Waals surface area contributed by atoms with Crippen molar-refractivity contribution >= 4 is 36.3 Å². The number of ether oxygens (including phenoxy) is 1. The topological polar surface area (TPSA) is 102 Å². The second-order valence-electron chi connectivity index (χ2n) is 12.5. The second kappa shape index (κ2) is 12.2. The van der Waals surface area contributed by atoms with E-state index in [4.69, 9.17) is 14.9 Å². The van der Waals surface area contributed by atoms with E-state index in [1.165, 1.54) is 4.52 Å². The smallest absolute Gasteiger partial charge is 0.284 e. The molecule has 0 spiro atoms. The Morgan fingerprint density at radius 2 is 1.59 bits per heavy atom. The van der Waals surface area contributed by atoms with Crippen molar-refractivity contribution in [2.75, 3.05) is 11.9 Å². The van der Waals surface area contributed by atoms with Crippen LogP contribution in [-0.2, 0) is 11.5 Å². The Morgan fingerprint density at radius 1 is 0.826 bits per heavy atom. The third-order valence-corrected chi connectivity index (χ3v) is 9.60. The Morgan fingerprint density at radius 3 is 2.35 bits per heavy atom. The van der Waals surface area contributed by atoms with Crippen LogP contribution in [0.15, 0.2) is 114 Å². The normalized spacial score (nSPS) is 11.8. The highest BCUT2D eigenvalue weighted by Crippen LogP contribution is 2.36. The molecule has 46 heavy (non-hydrogen) atoms. The molecule has 0 fully saturated rings. The summed E-state index contributed by atoms with van der Waals surface area (Å²) in [6.45, 7) is 8.06. The second-order valence-corrected chi connectivity index (χ2v) is 18.1. The molecule has 0 aliphatic carbocycles. The third-order valence-electron chi connectivity index (χ3n) is 7.90. The highest BCUT2D eigenvalue weighted by atomic mass is 28.3. The van der Waals surface area contributed by atoms with Crippen LogP contribution in [0.5, 0.6) is 0 Å². The first kappa shape index (κ1) is 29.4. The molecule has 2 N–H and O–H groups in total. The molecule has 0 unspecified atom stereocenters. The minimum Gasteiger partial charge on any atom is -0.360 e. The number of nitrogens with one attached hydrogen (secondary N) is 2. The van der Waals surface area contributed by atoms with Gasteiger partial charge in [0.2, 0.25) is 0 Å². The molecule has 230 valence electrons. The van der Waals surface area contributed by atoms with E-state index in [2.05, 4.69) is 34.9 Å². The molecule has 0 aliphatic heterocycles. The number of fused-ring (bicyclic) bond motifs is 2. The van der Waals surface area contributed by atoms with Gasteiger partial charge < -0.3 is 15.0 Å². The molecule has 0 saturated heterocycles.